The standard InChI is InChI=1S/C17H15N5O3/c1-9(17-10(2)21-25-11(17)3)19-16-6-12(8-18)14-7-13(22(23)24)4-5-15(14)20-16/h4-7,9H,1-3H3,(H,19,20). The highest BCUT2D eigenvalue weighted by molar-refractivity contribution is 5.88. The zero-order valence-corrected chi connectivity index (χ0v) is 13.9. The van der Waals surface area contributed by atoms with E-state index in [1.54, 1.807) is 12.1 Å². The number of fused-ring (bicyclic) bond motifs is 1. The molecule has 0 spiro atoms. The number of nitro benzene ring substituents is 1. The van der Waals surface area contributed by atoms with Gasteiger partial charge in [0, 0.05) is 23.1 Å². The average molecular weight is 337 g/mol. The third kappa shape index (κ3) is 2.99. The molecule has 2 heterocycles. The van der Waals surface area contributed by atoms with E-state index in [1.165, 1.54) is 12.1 Å². The Balaban J connectivity index is 2.02. The van der Waals surface area contributed by atoms with Gasteiger partial charge in [-0.25, -0.2) is 4.98 Å². The molecule has 1 N–H and O–H groups in total. The van der Waals surface area contributed by atoms with Crippen LogP contribution in [0.3, 0.4) is 0 Å². The van der Waals surface area contributed by atoms with E-state index in [1.807, 2.05) is 20.8 Å². The van der Waals surface area contributed by atoms with Crippen LogP contribution < -0.4 is 5.32 Å². The molecule has 0 amide bonds. The summed E-state index contributed by atoms with van der Waals surface area (Å²) in [5, 5.41) is 27.9. The van der Waals surface area contributed by atoms with Crippen LogP contribution in [0.15, 0.2) is 28.8 Å². The maximum absolute atomic E-state index is 10.9. The SMILES string of the molecule is Cc1noc(C)c1C(C)Nc1cc(C#N)c2cc([N+](=O)[O-])ccc2n1. The van der Waals surface area contributed by atoms with Crippen molar-refractivity contribution in [1.82, 2.24) is 10.1 Å². The fourth-order valence-electron chi connectivity index (χ4n) is 2.90. The fourth-order valence-corrected chi connectivity index (χ4v) is 2.90. The van der Waals surface area contributed by atoms with Crippen molar-refractivity contribution in [3.63, 3.8) is 0 Å². The average Bonchev–Trinajstić information content (AvgIpc) is 2.92. The van der Waals surface area contributed by atoms with Crippen LogP contribution in [-0.2, 0) is 0 Å². The van der Waals surface area contributed by atoms with Gasteiger partial charge in [-0.2, -0.15) is 5.26 Å². The van der Waals surface area contributed by atoms with E-state index >= 15 is 0 Å². The molecule has 0 aliphatic rings. The van der Waals surface area contributed by atoms with Crippen molar-refractivity contribution < 1.29 is 9.45 Å². The highest BCUT2D eigenvalue weighted by Crippen LogP contribution is 2.28. The summed E-state index contributed by atoms with van der Waals surface area (Å²) in [7, 11) is 0. The number of rotatable bonds is 4. The zero-order valence-electron chi connectivity index (χ0n) is 13.9. The lowest BCUT2D eigenvalue weighted by Crippen LogP contribution is -2.10. The van der Waals surface area contributed by atoms with Crippen molar-refractivity contribution >= 4 is 22.4 Å². The molecule has 0 radical (unpaired) electrons. The van der Waals surface area contributed by atoms with Gasteiger partial charge in [0.2, 0.25) is 0 Å². The van der Waals surface area contributed by atoms with Crippen molar-refractivity contribution in [3.8, 4) is 6.07 Å². The summed E-state index contributed by atoms with van der Waals surface area (Å²) < 4.78 is 5.18. The molecule has 0 aliphatic carbocycles. The second-order valence-corrected chi connectivity index (χ2v) is 5.73. The number of nitriles is 1. The van der Waals surface area contributed by atoms with Crippen LogP contribution in [0.2, 0.25) is 0 Å². The first-order valence-corrected chi connectivity index (χ1v) is 7.59. The maximum atomic E-state index is 10.9. The Kier molecular flexibility index (Phi) is 4.07. The number of non-ortho nitro benzene ring substituents is 1. The predicted octanol–water partition coefficient (Wildman–Crippen LogP) is 3.79. The molecule has 0 aliphatic heterocycles. The van der Waals surface area contributed by atoms with Crippen LogP contribution in [0, 0.1) is 35.3 Å². The monoisotopic (exact) mass is 337 g/mol. The van der Waals surface area contributed by atoms with Gasteiger partial charge in [0.1, 0.15) is 11.6 Å². The minimum Gasteiger partial charge on any atom is -0.363 e. The van der Waals surface area contributed by atoms with E-state index in [-0.39, 0.29) is 11.7 Å². The normalized spacial score (nSPS) is 11.9. The lowest BCUT2D eigenvalue weighted by molar-refractivity contribution is -0.384. The maximum Gasteiger partial charge on any atom is 0.270 e. The number of nitrogens with one attached hydrogen (secondary N) is 1. The Morgan fingerprint density at radius 2 is 2.12 bits per heavy atom. The summed E-state index contributed by atoms with van der Waals surface area (Å²) in [4.78, 5) is 14.9. The number of nitro groups is 1. The Bertz CT molecular complexity index is 1000. The van der Waals surface area contributed by atoms with E-state index < -0.39 is 4.92 Å². The van der Waals surface area contributed by atoms with Gasteiger partial charge in [0.15, 0.2) is 0 Å². The zero-order chi connectivity index (χ0) is 18.1. The van der Waals surface area contributed by atoms with Gasteiger partial charge in [-0.3, -0.25) is 10.1 Å². The molecular weight excluding hydrogens is 322 g/mol. The number of pyridine rings is 1. The summed E-state index contributed by atoms with van der Waals surface area (Å²) in [5.41, 5.74) is 2.48. The molecule has 0 fully saturated rings. The van der Waals surface area contributed by atoms with Gasteiger partial charge >= 0.3 is 0 Å². The van der Waals surface area contributed by atoms with Gasteiger partial charge in [-0.05, 0) is 32.9 Å². The first-order chi connectivity index (χ1) is 11.9. The summed E-state index contributed by atoms with van der Waals surface area (Å²) >= 11 is 0. The van der Waals surface area contributed by atoms with Crippen molar-refractivity contribution in [1.29, 1.82) is 5.26 Å². The number of benzene rings is 1. The quantitative estimate of drug-likeness (QED) is 0.568. The van der Waals surface area contributed by atoms with Crippen molar-refractivity contribution in [3.05, 3.63) is 57.0 Å². The molecular formula is C17H15N5O3. The Labute approximate surface area is 143 Å². The molecule has 0 bridgehead atoms. The molecule has 1 aromatic carbocycles. The molecule has 25 heavy (non-hydrogen) atoms. The van der Waals surface area contributed by atoms with Crippen molar-refractivity contribution in [2.45, 2.75) is 26.8 Å². The molecule has 1 unspecified atom stereocenters. The smallest absolute Gasteiger partial charge is 0.270 e. The van der Waals surface area contributed by atoms with Crippen LogP contribution in [0.25, 0.3) is 10.9 Å². The first kappa shape index (κ1) is 16.4. The predicted molar refractivity (Wildman–Crippen MR) is 91.1 cm³/mol. The molecule has 126 valence electrons. The largest absolute Gasteiger partial charge is 0.363 e. The van der Waals surface area contributed by atoms with Crippen molar-refractivity contribution in [2.75, 3.05) is 5.32 Å². The van der Waals surface area contributed by atoms with Crippen LogP contribution in [-0.4, -0.2) is 15.1 Å². The number of nitrogens with zero attached hydrogens (tertiary/aromatic N) is 4. The summed E-state index contributed by atoms with van der Waals surface area (Å²) in [5.74, 6) is 1.22. The highest BCUT2D eigenvalue weighted by Gasteiger charge is 2.18. The highest BCUT2D eigenvalue weighted by atomic mass is 16.6. The molecule has 8 heteroatoms. The van der Waals surface area contributed by atoms with E-state index in [0.29, 0.717) is 22.3 Å². The van der Waals surface area contributed by atoms with Gasteiger partial charge in [-0.15, -0.1) is 0 Å². The summed E-state index contributed by atoms with van der Waals surface area (Å²) in [6.07, 6.45) is 0. The van der Waals surface area contributed by atoms with E-state index in [2.05, 4.69) is 21.5 Å². The Hall–Kier alpha value is -3.47. The number of aromatic nitrogens is 2. The first-order valence-electron chi connectivity index (χ1n) is 7.59. The van der Waals surface area contributed by atoms with Gasteiger partial charge < -0.3 is 9.84 Å². The Morgan fingerprint density at radius 1 is 1.36 bits per heavy atom. The molecule has 0 saturated heterocycles. The third-order valence-electron chi connectivity index (χ3n) is 4.01. The lowest BCUT2D eigenvalue weighted by atomic mass is 10.1. The van der Waals surface area contributed by atoms with Crippen molar-refractivity contribution in [2.24, 2.45) is 0 Å². The van der Waals surface area contributed by atoms with Gasteiger partial charge in [-0.1, -0.05) is 5.16 Å². The lowest BCUT2D eigenvalue weighted by Gasteiger charge is -2.15. The topological polar surface area (TPSA) is 118 Å². The number of hydrogen-bond acceptors (Lipinski definition) is 7. The number of aryl methyl sites for hydroxylation is 2. The van der Waals surface area contributed by atoms with E-state index in [9.17, 15) is 15.4 Å². The fraction of sp³-hybridized carbons (Fsp3) is 0.235. The van der Waals surface area contributed by atoms with Gasteiger partial charge in [0.05, 0.1) is 33.8 Å². The van der Waals surface area contributed by atoms with E-state index in [4.69, 9.17) is 4.52 Å². The second-order valence-electron chi connectivity index (χ2n) is 5.73. The number of anilines is 1. The molecule has 1 atom stereocenters. The molecule has 2 aromatic heterocycles. The van der Waals surface area contributed by atoms with Crippen LogP contribution in [0.4, 0.5) is 11.5 Å². The van der Waals surface area contributed by atoms with Crippen LogP contribution in [0.5, 0.6) is 0 Å². The summed E-state index contributed by atoms with van der Waals surface area (Å²) in [6, 6.07) is 7.81. The molecule has 3 aromatic rings. The number of hydrogen-bond donors (Lipinski definition) is 1. The molecule has 0 saturated carbocycles. The molecule has 3 rings (SSSR count). The second kappa shape index (κ2) is 6.20. The van der Waals surface area contributed by atoms with Gasteiger partial charge in [0.25, 0.3) is 5.69 Å². The van der Waals surface area contributed by atoms with E-state index in [0.717, 1.165) is 17.0 Å². The Morgan fingerprint density at radius 3 is 2.72 bits per heavy atom. The minimum atomic E-state index is -0.494. The third-order valence-corrected chi connectivity index (χ3v) is 4.01. The van der Waals surface area contributed by atoms with Crippen LogP contribution >= 0.6 is 0 Å². The molecule has 8 nitrogen and oxygen atoms in total. The summed E-state index contributed by atoms with van der Waals surface area (Å²) in [6.45, 7) is 5.64. The minimum absolute atomic E-state index is 0.0735. The van der Waals surface area contributed by atoms with Crippen LogP contribution in [0.1, 0.15) is 35.5 Å².